The number of rotatable bonds is 13. The summed E-state index contributed by atoms with van der Waals surface area (Å²) < 4.78 is 0. The van der Waals surface area contributed by atoms with Crippen LogP contribution in [0.15, 0.2) is 12.2 Å². The average molecular weight is 369 g/mol. The van der Waals surface area contributed by atoms with Gasteiger partial charge in [-0.05, 0) is 68.6 Å². The fourth-order valence-corrected chi connectivity index (χ4v) is 4.14. The van der Waals surface area contributed by atoms with Crippen molar-refractivity contribution in [2.45, 2.75) is 104 Å². The number of aliphatic hydroxyl groups is 2. The molecule has 0 radical (unpaired) electrons. The van der Waals surface area contributed by atoms with Gasteiger partial charge >= 0.3 is 5.97 Å². The van der Waals surface area contributed by atoms with Crippen molar-refractivity contribution >= 4 is 5.97 Å². The first-order valence-electron chi connectivity index (χ1n) is 10.5. The van der Waals surface area contributed by atoms with Gasteiger partial charge in [0.1, 0.15) is 0 Å². The summed E-state index contributed by atoms with van der Waals surface area (Å²) in [6, 6.07) is 0. The van der Waals surface area contributed by atoms with Crippen molar-refractivity contribution < 1.29 is 20.1 Å². The number of allylic oxidation sites excluding steroid dienone is 2. The minimum absolute atomic E-state index is 0.0349. The Balaban J connectivity index is 2.40. The van der Waals surface area contributed by atoms with Crippen LogP contribution in [0.5, 0.6) is 0 Å². The lowest BCUT2D eigenvalue weighted by Crippen LogP contribution is -2.30. The van der Waals surface area contributed by atoms with E-state index in [0.717, 1.165) is 57.8 Å². The second kappa shape index (κ2) is 11.8. The van der Waals surface area contributed by atoms with Crippen LogP contribution in [0.25, 0.3) is 0 Å². The van der Waals surface area contributed by atoms with E-state index in [4.69, 9.17) is 5.11 Å². The molecule has 3 unspecified atom stereocenters. The molecule has 3 N–H and O–H groups in total. The fourth-order valence-electron chi connectivity index (χ4n) is 4.14. The molecule has 1 saturated carbocycles. The number of carbonyl (C=O) groups is 1. The van der Waals surface area contributed by atoms with Crippen molar-refractivity contribution in [3.8, 4) is 0 Å². The molecule has 0 spiro atoms. The van der Waals surface area contributed by atoms with Gasteiger partial charge in [-0.1, -0.05) is 45.8 Å². The monoisotopic (exact) mass is 368 g/mol. The molecule has 152 valence electrons. The van der Waals surface area contributed by atoms with Crippen molar-refractivity contribution in [2.24, 2.45) is 17.3 Å². The molecule has 4 nitrogen and oxygen atoms in total. The Kier molecular flexibility index (Phi) is 10.5. The molecule has 0 aromatic rings. The lowest BCUT2D eigenvalue weighted by Gasteiger charge is -2.32. The predicted octanol–water partition coefficient (Wildman–Crippen LogP) is 4.93. The summed E-state index contributed by atoms with van der Waals surface area (Å²) in [7, 11) is 0. The number of hydrogen-bond acceptors (Lipinski definition) is 3. The first kappa shape index (κ1) is 23.2. The fraction of sp³-hybridized carbons (Fsp3) is 0.864. The van der Waals surface area contributed by atoms with E-state index < -0.39 is 5.97 Å². The van der Waals surface area contributed by atoms with Gasteiger partial charge in [0.2, 0.25) is 0 Å². The zero-order valence-electron chi connectivity index (χ0n) is 17.0. The number of carboxylic acids is 1. The van der Waals surface area contributed by atoms with Gasteiger partial charge < -0.3 is 15.3 Å². The summed E-state index contributed by atoms with van der Waals surface area (Å²) in [4.78, 5) is 10.5. The molecule has 1 aliphatic carbocycles. The van der Waals surface area contributed by atoms with Gasteiger partial charge in [0.15, 0.2) is 0 Å². The lowest BCUT2D eigenvalue weighted by molar-refractivity contribution is -0.137. The smallest absolute Gasteiger partial charge is 0.303 e. The van der Waals surface area contributed by atoms with E-state index in [9.17, 15) is 15.0 Å². The maximum atomic E-state index is 10.6. The van der Waals surface area contributed by atoms with Crippen LogP contribution in [0.3, 0.4) is 0 Å². The van der Waals surface area contributed by atoms with Crippen molar-refractivity contribution in [1.29, 1.82) is 0 Å². The molecule has 0 saturated heterocycles. The third-order valence-electron chi connectivity index (χ3n) is 6.16. The summed E-state index contributed by atoms with van der Waals surface area (Å²) in [6.45, 7) is 6.50. The molecule has 0 aromatic heterocycles. The Morgan fingerprint density at radius 2 is 1.96 bits per heavy atom. The van der Waals surface area contributed by atoms with E-state index in [0.29, 0.717) is 12.3 Å². The maximum absolute atomic E-state index is 10.6. The Labute approximate surface area is 159 Å². The minimum Gasteiger partial charge on any atom is -0.481 e. The molecule has 1 aliphatic rings. The van der Waals surface area contributed by atoms with Gasteiger partial charge in [-0.25, -0.2) is 0 Å². The first-order valence-corrected chi connectivity index (χ1v) is 10.5. The van der Waals surface area contributed by atoms with Gasteiger partial charge in [0.05, 0.1) is 12.2 Å². The summed E-state index contributed by atoms with van der Waals surface area (Å²) in [5.74, 6) is 0.00655. The number of aliphatic hydroxyl groups excluding tert-OH is 2. The largest absolute Gasteiger partial charge is 0.481 e. The Bertz CT molecular complexity index is 430. The maximum Gasteiger partial charge on any atom is 0.303 e. The van der Waals surface area contributed by atoms with Crippen LogP contribution in [0.4, 0.5) is 0 Å². The normalized spacial score (nSPS) is 25.0. The summed E-state index contributed by atoms with van der Waals surface area (Å²) in [5.41, 5.74) is -0.0349. The number of hydrogen-bond donors (Lipinski definition) is 3. The van der Waals surface area contributed by atoms with Crippen molar-refractivity contribution in [2.75, 3.05) is 0 Å². The Morgan fingerprint density at radius 3 is 2.62 bits per heavy atom. The highest BCUT2D eigenvalue weighted by Gasteiger charge is 2.35. The molecule has 0 bridgehead atoms. The topological polar surface area (TPSA) is 77.8 Å². The van der Waals surface area contributed by atoms with Crippen LogP contribution in [0.1, 0.15) is 91.4 Å². The third-order valence-corrected chi connectivity index (χ3v) is 6.16. The van der Waals surface area contributed by atoms with Crippen LogP contribution in [-0.2, 0) is 4.79 Å². The number of carboxylic acid groups (broad SMARTS) is 1. The van der Waals surface area contributed by atoms with Crippen molar-refractivity contribution in [3.63, 3.8) is 0 Å². The standard InChI is InChI=1S/C22H40O4/c1-4-5-16-22(2,3)20(24)15-13-17-12-14-19(23)18(17)10-8-6-7-9-11-21(25)26/h6,8,17-20,23-24H,4-5,7,9-16H2,1-3H3,(H,25,26)/b8-6-/t17?,18?,19-,20?/m1/s1. The number of unbranched alkanes of at least 4 members (excludes halogenated alkanes) is 2. The van der Waals surface area contributed by atoms with Gasteiger partial charge in [-0.2, -0.15) is 0 Å². The van der Waals surface area contributed by atoms with E-state index in [1.54, 1.807) is 0 Å². The molecule has 0 aliphatic heterocycles. The third kappa shape index (κ3) is 8.22. The first-order chi connectivity index (χ1) is 12.3. The molecule has 4 heteroatoms. The van der Waals surface area contributed by atoms with Crippen LogP contribution < -0.4 is 0 Å². The molecular weight excluding hydrogens is 328 g/mol. The molecule has 1 fully saturated rings. The second-order valence-electron chi connectivity index (χ2n) is 8.75. The van der Waals surface area contributed by atoms with Gasteiger partial charge in [0.25, 0.3) is 0 Å². The van der Waals surface area contributed by atoms with Crippen LogP contribution in [0, 0.1) is 17.3 Å². The second-order valence-corrected chi connectivity index (χ2v) is 8.75. The minimum atomic E-state index is -0.745. The molecule has 1 rings (SSSR count). The average Bonchev–Trinajstić information content (AvgIpc) is 2.93. The Morgan fingerprint density at radius 1 is 1.23 bits per heavy atom. The zero-order valence-corrected chi connectivity index (χ0v) is 17.0. The van der Waals surface area contributed by atoms with Crippen LogP contribution in [-0.4, -0.2) is 33.5 Å². The molecule has 0 heterocycles. The van der Waals surface area contributed by atoms with E-state index in [-0.39, 0.29) is 30.0 Å². The lowest BCUT2D eigenvalue weighted by atomic mass is 9.77. The van der Waals surface area contributed by atoms with Crippen molar-refractivity contribution in [1.82, 2.24) is 0 Å². The van der Waals surface area contributed by atoms with Gasteiger partial charge in [-0.3, -0.25) is 4.79 Å². The highest BCUT2D eigenvalue weighted by molar-refractivity contribution is 5.66. The predicted molar refractivity (Wildman–Crippen MR) is 106 cm³/mol. The summed E-state index contributed by atoms with van der Waals surface area (Å²) >= 11 is 0. The summed E-state index contributed by atoms with van der Waals surface area (Å²) in [5, 5.41) is 29.6. The molecule has 26 heavy (non-hydrogen) atoms. The van der Waals surface area contributed by atoms with Crippen molar-refractivity contribution in [3.05, 3.63) is 12.2 Å². The number of aliphatic carboxylic acids is 1. The Hall–Kier alpha value is -0.870. The quantitative estimate of drug-likeness (QED) is 0.318. The van der Waals surface area contributed by atoms with E-state index >= 15 is 0 Å². The SMILES string of the molecule is CCCCC(C)(C)C(O)CCC1CC[C@@H](O)C1C/C=C\CCCC(=O)O. The highest BCUT2D eigenvalue weighted by Crippen LogP contribution is 2.39. The zero-order chi connectivity index (χ0) is 19.6. The molecule has 0 aromatic carbocycles. The molecule has 0 amide bonds. The highest BCUT2D eigenvalue weighted by atomic mass is 16.4. The van der Waals surface area contributed by atoms with Crippen LogP contribution in [0.2, 0.25) is 0 Å². The molecular formula is C22H40O4. The van der Waals surface area contributed by atoms with E-state index in [2.05, 4.69) is 26.8 Å². The van der Waals surface area contributed by atoms with Crippen LogP contribution >= 0.6 is 0 Å². The van der Waals surface area contributed by atoms with Gasteiger partial charge in [-0.15, -0.1) is 0 Å². The van der Waals surface area contributed by atoms with E-state index in [1.807, 2.05) is 6.08 Å². The van der Waals surface area contributed by atoms with E-state index in [1.165, 1.54) is 0 Å². The van der Waals surface area contributed by atoms with Gasteiger partial charge in [0, 0.05) is 6.42 Å². The molecule has 4 atom stereocenters. The summed E-state index contributed by atoms with van der Waals surface area (Å²) in [6.07, 6.45) is 13.2.